The Morgan fingerprint density at radius 1 is 1.46 bits per heavy atom. The molecular formula is C15H16F2N4O3. The van der Waals surface area contributed by atoms with Gasteiger partial charge in [0.15, 0.2) is 6.61 Å². The van der Waals surface area contributed by atoms with Gasteiger partial charge in [0.1, 0.15) is 6.10 Å². The van der Waals surface area contributed by atoms with Crippen LogP contribution >= 0.6 is 0 Å². The van der Waals surface area contributed by atoms with Crippen LogP contribution in [-0.4, -0.2) is 46.8 Å². The number of H-pyrrole nitrogens is 1. The van der Waals surface area contributed by atoms with Gasteiger partial charge in [-0.25, -0.2) is 13.8 Å². The number of ether oxygens (including phenoxy) is 2. The maximum Gasteiger partial charge on any atom is 0.272 e. The molecule has 0 aliphatic carbocycles. The van der Waals surface area contributed by atoms with E-state index in [0.29, 0.717) is 13.0 Å². The van der Waals surface area contributed by atoms with Crippen LogP contribution in [-0.2, 0) is 4.74 Å². The summed E-state index contributed by atoms with van der Waals surface area (Å²) in [7, 11) is 0. The van der Waals surface area contributed by atoms with E-state index in [1.807, 2.05) is 0 Å². The van der Waals surface area contributed by atoms with Crippen LogP contribution in [0, 0.1) is 0 Å². The molecule has 0 spiro atoms. The van der Waals surface area contributed by atoms with Gasteiger partial charge in [-0.3, -0.25) is 9.89 Å². The summed E-state index contributed by atoms with van der Waals surface area (Å²) in [5, 5.41) is 9.59. The Morgan fingerprint density at radius 2 is 2.33 bits per heavy atom. The molecule has 3 heterocycles. The number of nitrogens with one attached hydrogen (secondary N) is 2. The maximum absolute atomic E-state index is 12.4. The highest BCUT2D eigenvalue weighted by Crippen LogP contribution is 2.27. The molecule has 0 bridgehead atoms. The van der Waals surface area contributed by atoms with Gasteiger partial charge < -0.3 is 14.8 Å². The molecule has 2 aromatic heterocycles. The van der Waals surface area contributed by atoms with Gasteiger partial charge >= 0.3 is 0 Å². The zero-order valence-electron chi connectivity index (χ0n) is 12.6. The highest BCUT2D eigenvalue weighted by atomic mass is 19.3. The number of alkyl halides is 2. The van der Waals surface area contributed by atoms with Crippen molar-refractivity contribution in [2.24, 2.45) is 0 Å². The second-order valence-corrected chi connectivity index (χ2v) is 5.26. The third kappa shape index (κ3) is 3.85. The normalized spacial score (nSPS) is 20.3. The summed E-state index contributed by atoms with van der Waals surface area (Å²) < 4.78 is 34.8. The summed E-state index contributed by atoms with van der Waals surface area (Å²) in [6, 6.07) is 4.40. The number of halogens is 2. The van der Waals surface area contributed by atoms with Crippen molar-refractivity contribution in [3.05, 3.63) is 41.9 Å². The average molecular weight is 338 g/mol. The quantitative estimate of drug-likeness (QED) is 0.837. The van der Waals surface area contributed by atoms with Crippen molar-refractivity contribution in [3.63, 3.8) is 0 Å². The molecular weight excluding hydrogens is 322 g/mol. The molecule has 1 amide bonds. The van der Waals surface area contributed by atoms with Gasteiger partial charge in [-0.2, -0.15) is 5.10 Å². The molecule has 7 nitrogen and oxygen atoms in total. The summed E-state index contributed by atoms with van der Waals surface area (Å²) in [4.78, 5) is 16.2. The maximum atomic E-state index is 12.4. The number of aromatic amines is 1. The standard InChI is InChI=1S/C15H16F2N4O3/c16-12(17)8-24-13-7-9(1-4-18-13)15(22)20-10-3-6-23-14(10)11-2-5-19-21-11/h1-2,4-5,7,10,12,14H,3,6,8H2,(H,19,21)(H,20,22)/t10-,14-/m1/s1. The van der Waals surface area contributed by atoms with Crippen molar-refractivity contribution >= 4 is 5.91 Å². The molecule has 9 heteroatoms. The van der Waals surface area contributed by atoms with Gasteiger partial charge in [-0.05, 0) is 18.6 Å². The van der Waals surface area contributed by atoms with E-state index in [0.717, 1.165) is 5.69 Å². The molecule has 2 aromatic rings. The van der Waals surface area contributed by atoms with Crippen molar-refractivity contribution in [2.75, 3.05) is 13.2 Å². The zero-order valence-corrected chi connectivity index (χ0v) is 12.6. The Labute approximate surface area is 136 Å². The van der Waals surface area contributed by atoms with E-state index in [1.165, 1.54) is 18.3 Å². The van der Waals surface area contributed by atoms with E-state index in [1.54, 1.807) is 12.3 Å². The van der Waals surface area contributed by atoms with E-state index in [4.69, 9.17) is 9.47 Å². The molecule has 128 valence electrons. The monoisotopic (exact) mass is 338 g/mol. The number of aromatic nitrogens is 3. The highest BCUT2D eigenvalue weighted by Gasteiger charge is 2.32. The molecule has 24 heavy (non-hydrogen) atoms. The third-order valence-electron chi connectivity index (χ3n) is 3.59. The number of carbonyl (C=O) groups excluding carboxylic acids is 1. The number of hydrogen-bond acceptors (Lipinski definition) is 5. The molecule has 1 aliphatic rings. The minimum atomic E-state index is -2.60. The summed E-state index contributed by atoms with van der Waals surface area (Å²) in [6.45, 7) is -0.246. The van der Waals surface area contributed by atoms with Crippen LogP contribution in [0.25, 0.3) is 0 Å². The van der Waals surface area contributed by atoms with E-state index < -0.39 is 13.0 Å². The summed E-state index contributed by atoms with van der Waals surface area (Å²) in [6.07, 6.45) is 0.719. The number of hydrogen-bond donors (Lipinski definition) is 2. The average Bonchev–Trinajstić information content (AvgIpc) is 3.24. The third-order valence-corrected chi connectivity index (χ3v) is 3.59. The lowest BCUT2D eigenvalue weighted by atomic mass is 10.1. The molecule has 0 saturated carbocycles. The lowest BCUT2D eigenvalue weighted by Crippen LogP contribution is -2.37. The fourth-order valence-corrected chi connectivity index (χ4v) is 2.50. The zero-order chi connectivity index (χ0) is 16.9. The number of carbonyl (C=O) groups is 1. The predicted octanol–water partition coefficient (Wildman–Crippen LogP) is 1.71. The van der Waals surface area contributed by atoms with Gasteiger partial charge in [0, 0.05) is 30.6 Å². The molecule has 3 rings (SSSR count). The number of nitrogens with zero attached hydrogens (tertiary/aromatic N) is 2. The molecule has 0 unspecified atom stereocenters. The SMILES string of the molecule is O=C(N[C@@H]1CCO[C@H]1c1ccn[nH]1)c1ccnc(OCC(F)F)c1. The van der Waals surface area contributed by atoms with Gasteiger partial charge in [0.05, 0.1) is 11.7 Å². The second kappa shape index (κ2) is 7.35. The van der Waals surface area contributed by atoms with Gasteiger partial charge in [-0.15, -0.1) is 0 Å². The fraction of sp³-hybridized carbons (Fsp3) is 0.400. The smallest absolute Gasteiger partial charge is 0.272 e. The molecule has 1 saturated heterocycles. The van der Waals surface area contributed by atoms with Gasteiger partial charge in [0.2, 0.25) is 5.88 Å². The first-order chi connectivity index (χ1) is 11.6. The first kappa shape index (κ1) is 16.3. The van der Waals surface area contributed by atoms with E-state index in [-0.39, 0.29) is 29.5 Å². The molecule has 2 atom stereocenters. The van der Waals surface area contributed by atoms with Crippen molar-refractivity contribution in [1.82, 2.24) is 20.5 Å². The number of rotatable bonds is 6. The summed E-state index contributed by atoms with van der Waals surface area (Å²) in [5.74, 6) is -0.366. The lowest BCUT2D eigenvalue weighted by molar-refractivity contribution is 0.0788. The summed E-state index contributed by atoms with van der Waals surface area (Å²) >= 11 is 0. The van der Waals surface area contributed by atoms with E-state index in [2.05, 4.69) is 20.5 Å². The van der Waals surface area contributed by atoms with Crippen molar-refractivity contribution in [2.45, 2.75) is 25.0 Å². The molecule has 1 fully saturated rings. The lowest BCUT2D eigenvalue weighted by Gasteiger charge is -2.18. The minimum Gasteiger partial charge on any atom is -0.472 e. The van der Waals surface area contributed by atoms with Crippen LogP contribution < -0.4 is 10.1 Å². The number of pyridine rings is 1. The van der Waals surface area contributed by atoms with E-state index in [9.17, 15) is 13.6 Å². The predicted molar refractivity (Wildman–Crippen MR) is 78.9 cm³/mol. The Kier molecular flexibility index (Phi) is 4.99. The second-order valence-electron chi connectivity index (χ2n) is 5.26. The van der Waals surface area contributed by atoms with Crippen molar-refractivity contribution in [1.29, 1.82) is 0 Å². The fourth-order valence-electron chi connectivity index (χ4n) is 2.50. The largest absolute Gasteiger partial charge is 0.472 e. The van der Waals surface area contributed by atoms with E-state index >= 15 is 0 Å². The van der Waals surface area contributed by atoms with Crippen LogP contribution in [0.3, 0.4) is 0 Å². The first-order valence-corrected chi connectivity index (χ1v) is 7.42. The van der Waals surface area contributed by atoms with Crippen LogP contribution in [0.4, 0.5) is 8.78 Å². The van der Waals surface area contributed by atoms with Crippen molar-refractivity contribution in [3.8, 4) is 5.88 Å². The highest BCUT2D eigenvalue weighted by molar-refractivity contribution is 5.94. The van der Waals surface area contributed by atoms with Crippen molar-refractivity contribution < 1.29 is 23.0 Å². The van der Waals surface area contributed by atoms with Gasteiger partial charge in [0.25, 0.3) is 12.3 Å². The van der Waals surface area contributed by atoms with Crippen LogP contribution in [0.15, 0.2) is 30.6 Å². The van der Waals surface area contributed by atoms with Gasteiger partial charge in [-0.1, -0.05) is 0 Å². The first-order valence-electron chi connectivity index (χ1n) is 7.42. The molecule has 0 radical (unpaired) electrons. The molecule has 2 N–H and O–H groups in total. The molecule has 0 aromatic carbocycles. The Balaban J connectivity index is 1.65. The Hall–Kier alpha value is -2.55. The Morgan fingerprint density at radius 3 is 3.08 bits per heavy atom. The van der Waals surface area contributed by atoms with Crippen LogP contribution in [0.5, 0.6) is 5.88 Å². The topological polar surface area (TPSA) is 89.1 Å². The van der Waals surface area contributed by atoms with Crippen LogP contribution in [0.1, 0.15) is 28.6 Å². The minimum absolute atomic E-state index is 0.0178. The summed E-state index contributed by atoms with van der Waals surface area (Å²) in [5.41, 5.74) is 1.07. The van der Waals surface area contributed by atoms with Crippen LogP contribution in [0.2, 0.25) is 0 Å². The molecule has 1 aliphatic heterocycles. The number of amides is 1. The Bertz CT molecular complexity index is 681.